The minimum absolute atomic E-state index is 0.0976. The van der Waals surface area contributed by atoms with E-state index in [0.717, 1.165) is 51.4 Å². The minimum atomic E-state index is -0.196. The average Bonchev–Trinajstić information content (AvgIpc) is 3.26. The molecule has 1 amide bonds. The van der Waals surface area contributed by atoms with Crippen LogP contribution in [0.5, 0.6) is 0 Å². The molecular formula is C30H45NO2. The quantitative estimate of drug-likeness (QED) is 0.320. The molecule has 2 aliphatic carbocycles. The van der Waals surface area contributed by atoms with Crippen molar-refractivity contribution >= 4 is 5.91 Å². The van der Waals surface area contributed by atoms with Crippen LogP contribution in [0, 0.1) is 24.7 Å². The van der Waals surface area contributed by atoms with Gasteiger partial charge in [-0.05, 0) is 90.0 Å². The van der Waals surface area contributed by atoms with E-state index in [9.17, 15) is 9.90 Å². The Balaban J connectivity index is 1.37. The maximum absolute atomic E-state index is 12.3. The van der Waals surface area contributed by atoms with Crippen molar-refractivity contribution < 1.29 is 9.90 Å². The number of aliphatic hydroxyl groups is 1. The molecule has 1 N–H and O–H groups in total. The first kappa shape index (κ1) is 25.7. The first-order valence-electron chi connectivity index (χ1n) is 13.0. The Labute approximate surface area is 202 Å². The van der Waals surface area contributed by atoms with Gasteiger partial charge in [0.05, 0.1) is 6.10 Å². The normalized spacial score (nSPS) is 24.8. The molecule has 3 heteroatoms. The highest BCUT2D eigenvalue weighted by molar-refractivity contribution is 5.76. The number of hydrogen-bond acceptors (Lipinski definition) is 2. The summed E-state index contributed by atoms with van der Waals surface area (Å²) in [5.74, 6) is 1.67. The van der Waals surface area contributed by atoms with Crippen LogP contribution < -0.4 is 0 Å². The Morgan fingerprint density at radius 1 is 1.18 bits per heavy atom. The number of benzene rings is 1. The van der Waals surface area contributed by atoms with Gasteiger partial charge in [0.15, 0.2) is 0 Å². The zero-order valence-corrected chi connectivity index (χ0v) is 21.5. The molecule has 182 valence electrons. The van der Waals surface area contributed by atoms with E-state index < -0.39 is 0 Å². The minimum Gasteiger partial charge on any atom is -0.392 e. The SMILES string of the molecule is Cc1cccc(CC/C=C/[C@@H]2[C@H]3CC(CCCCCC(=O)N(C)C(C)(C)C)=C[C@H]3C[C@H]2O)c1. The lowest BCUT2D eigenvalue weighted by molar-refractivity contribution is -0.134. The van der Waals surface area contributed by atoms with Crippen LogP contribution in [0.3, 0.4) is 0 Å². The van der Waals surface area contributed by atoms with Gasteiger partial charge in [-0.1, -0.05) is 60.1 Å². The number of aliphatic hydroxyl groups excluding tert-OH is 1. The fraction of sp³-hybridized carbons (Fsp3) is 0.633. The van der Waals surface area contributed by atoms with Gasteiger partial charge in [-0.2, -0.15) is 0 Å². The lowest BCUT2D eigenvalue weighted by Gasteiger charge is -2.32. The summed E-state index contributed by atoms with van der Waals surface area (Å²) in [6.07, 6.45) is 16.1. The second-order valence-corrected chi connectivity index (χ2v) is 11.4. The summed E-state index contributed by atoms with van der Waals surface area (Å²) >= 11 is 0. The third-order valence-corrected chi connectivity index (χ3v) is 7.76. The molecule has 1 aromatic rings. The molecule has 1 aromatic carbocycles. The smallest absolute Gasteiger partial charge is 0.222 e. The van der Waals surface area contributed by atoms with Gasteiger partial charge in [0, 0.05) is 24.9 Å². The number of carbonyl (C=O) groups is 1. The van der Waals surface area contributed by atoms with E-state index in [-0.39, 0.29) is 17.6 Å². The van der Waals surface area contributed by atoms with Crippen molar-refractivity contribution in [1.29, 1.82) is 0 Å². The molecule has 0 bridgehead atoms. The van der Waals surface area contributed by atoms with E-state index in [0.29, 0.717) is 24.2 Å². The van der Waals surface area contributed by atoms with Gasteiger partial charge in [-0.25, -0.2) is 0 Å². The predicted molar refractivity (Wildman–Crippen MR) is 138 cm³/mol. The van der Waals surface area contributed by atoms with E-state index in [2.05, 4.69) is 70.2 Å². The van der Waals surface area contributed by atoms with Crippen molar-refractivity contribution in [3.05, 3.63) is 59.2 Å². The second-order valence-electron chi connectivity index (χ2n) is 11.4. The molecule has 0 aromatic heterocycles. The van der Waals surface area contributed by atoms with E-state index in [4.69, 9.17) is 0 Å². The number of unbranched alkanes of at least 4 members (excludes halogenated alkanes) is 2. The Kier molecular flexibility index (Phi) is 8.98. The van der Waals surface area contributed by atoms with E-state index >= 15 is 0 Å². The zero-order valence-electron chi connectivity index (χ0n) is 21.5. The Morgan fingerprint density at radius 2 is 1.97 bits per heavy atom. The molecule has 1 fully saturated rings. The van der Waals surface area contributed by atoms with Crippen LogP contribution in [0.25, 0.3) is 0 Å². The van der Waals surface area contributed by atoms with Crippen molar-refractivity contribution in [3.63, 3.8) is 0 Å². The summed E-state index contributed by atoms with van der Waals surface area (Å²) in [4.78, 5) is 14.2. The topological polar surface area (TPSA) is 40.5 Å². The summed E-state index contributed by atoms with van der Waals surface area (Å²) < 4.78 is 0. The van der Waals surface area contributed by atoms with Gasteiger partial charge in [-0.3, -0.25) is 4.79 Å². The maximum atomic E-state index is 12.3. The number of amides is 1. The van der Waals surface area contributed by atoms with E-state index in [1.807, 2.05) is 11.9 Å². The Bertz CT molecular complexity index is 847. The number of rotatable bonds is 10. The molecule has 0 unspecified atom stereocenters. The molecule has 0 saturated heterocycles. The third kappa shape index (κ3) is 7.30. The highest BCUT2D eigenvalue weighted by Crippen LogP contribution is 2.48. The van der Waals surface area contributed by atoms with Gasteiger partial charge in [0.1, 0.15) is 0 Å². The molecule has 3 nitrogen and oxygen atoms in total. The molecule has 0 heterocycles. The monoisotopic (exact) mass is 451 g/mol. The zero-order chi connectivity index (χ0) is 24.0. The fourth-order valence-electron chi connectivity index (χ4n) is 5.51. The largest absolute Gasteiger partial charge is 0.392 e. The number of nitrogens with zero attached hydrogens (tertiary/aromatic N) is 1. The molecule has 0 aliphatic heterocycles. The number of fused-ring (bicyclic) bond motifs is 1. The summed E-state index contributed by atoms with van der Waals surface area (Å²) in [6, 6.07) is 8.74. The third-order valence-electron chi connectivity index (χ3n) is 7.76. The highest BCUT2D eigenvalue weighted by atomic mass is 16.3. The lowest BCUT2D eigenvalue weighted by atomic mass is 9.88. The van der Waals surface area contributed by atoms with Crippen molar-refractivity contribution in [3.8, 4) is 0 Å². The summed E-state index contributed by atoms with van der Waals surface area (Å²) in [5, 5.41) is 10.6. The van der Waals surface area contributed by atoms with E-state index in [1.165, 1.54) is 11.1 Å². The molecule has 2 aliphatic rings. The van der Waals surface area contributed by atoms with Crippen molar-refractivity contribution in [2.24, 2.45) is 17.8 Å². The Hall–Kier alpha value is -1.87. The van der Waals surface area contributed by atoms with Crippen molar-refractivity contribution in [2.45, 2.75) is 97.1 Å². The summed E-state index contributed by atoms with van der Waals surface area (Å²) in [5.41, 5.74) is 4.19. The number of allylic oxidation sites excluding steroid dienone is 3. The highest BCUT2D eigenvalue weighted by Gasteiger charge is 2.43. The van der Waals surface area contributed by atoms with Crippen LogP contribution in [-0.4, -0.2) is 34.6 Å². The molecule has 3 rings (SSSR count). The van der Waals surface area contributed by atoms with E-state index in [1.54, 1.807) is 5.57 Å². The van der Waals surface area contributed by atoms with Crippen LogP contribution in [0.15, 0.2) is 48.1 Å². The molecule has 33 heavy (non-hydrogen) atoms. The maximum Gasteiger partial charge on any atom is 0.222 e. The van der Waals surface area contributed by atoms with Gasteiger partial charge in [-0.15, -0.1) is 0 Å². The molecule has 1 saturated carbocycles. The number of carbonyl (C=O) groups excluding carboxylic acids is 1. The second kappa shape index (κ2) is 11.5. The molecule has 0 spiro atoms. The molecular weight excluding hydrogens is 406 g/mol. The van der Waals surface area contributed by atoms with Crippen LogP contribution in [0.4, 0.5) is 0 Å². The first-order valence-corrected chi connectivity index (χ1v) is 13.0. The van der Waals surface area contributed by atoms with Crippen molar-refractivity contribution in [2.75, 3.05) is 7.05 Å². The van der Waals surface area contributed by atoms with Crippen LogP contribution in [0.2, 0.25) is 0 Å². The van der Waals surface area contributed by atoms with Crippen LogP contribution in [0.1, 0.15) is 83.3 Å². The Morgan fingerprint density at radius 3 is 2.70 bits per heavy atom. The molecule has 4 atom stereocenters. The summed E-state index contributed by atoms with van der Waals surface area (Å²) in [6.45, 7) is 8.39. The van der Waals surface area contributed by atoms with Gasteiger partial charge >= 0.3 is 0 Å². The fourth-order valence-corrected chi connectivity index (χ4v) is 5.51. The van der Waals surface area contributed by atoms with Gasteiger partial charge < -0.3 is 10.0 Å². The van der Waals surface area contributed by atoms with Crippen molar-refractivity contribution in [1.82, 2.24) is 4.90 Å². The summed E-state index contributed by atoms with van der Waals surface area (Å²) in [7, 11) is 1.91. The van der Waals surface area contributed by atoms with Crippen LogP contribution >= 0.6 is 0 Å². The van der Waals surface area contributed by atoms with Gasteiger partial charge in [0.25, 0.3) is 0 Å². The molecule has 0 radical (unpaired) electrons. The standard InChI is InChI=1S/C30H45NO2/c1-22-12-11-15-23(18-22)13-9-10-16-26-27-20-24(19-25(27)21-28(26)32)14-7-6-8-17-29(33)31(5)30(2,3)4/h10-12,15-16,18-19,25-28,32H,6-9,13-14,17,20-21H2,1-5H3/b16-10+/t25-,26+,27-,28+/m0/s1. The average molecular weight is 452 g/mol. The number of aryl methyl sites for hydroxylation is 2. The van der Waals surface area contributed by atoms with Crippen LogP contribution in [-0.2, 0) is 11.2 Å². The lowest BCUT2D eigenvalue weighted by Crippen LogP contribution is -2.42. The first-order chi connectivity index (χ1) is 15.6. The van der Waals surface area contributed by atoms with Gasteiger partial charge in [0.2, 0.25) is 5.91 Å². The predicted octanol–water partition coefficient (Wildman–Crippen LogP) is 6.63. The number of hydrogen-bond donors (Lipinski definition) is 1.